The Morgan fingerprint density at radius 2 is 1.80 bits per heavy atom. The van der Waals surface area contributed by atoms with Crippen molar-refractivity contribution < 1.29 is 8.78 Å². The van der Waals surface area contributed by atoms with Crippen molar-refractivity contribution in [2.24, 2.45) is 0 Å². The topological polar surface area (TPSA) is 12.0 Å². The van der Waals surface area contributed by atoms with Gasteiger partial charge < -0.3 is 5.32 Å². The molecule has 1 aromatic carbocycles. The number of hydrogen-bond acceptors (Lipinski definition) is 1. The smallest absolute Gasteiger partial charge is 0.263 e. The van der Waals surface area contributed by atoms with E-state index in [2.05, 4.69) is 5.32 Å². The Morgan fingerprint density at radius 1 is 1.20 bits per heavy atom. The fraction of sp³-hybridized carbons (Fsp3) is 0.333. The molecule has 0 bridgehead atoms. The van der Waals surface area contributed by atoms with Gasteiger partial charge in [0.05, 0.1) is 0 Å². The van der Waals surface area contributed by atoms with Gasteiger partial charge >= 0.3 is 0 Å². The van der Waals surface area contributed by atoms with E-state index < -0.39 is 6.43 Å². The predicted molar refractivity (Wildman–Crippen MR) is 59.0 cm³/mol. The summed E-state index contributed by atoms with van der Waals surface area (Å²) >= 11 is 0. The molecule has 0 heterocycles. The Kier molecular flexibility index (Phi) is 4.43. The summed E-state index contributed by atoms with van der Waals surface area (Å²) in [7, 11) is 1.87. The van der Waals surface area contributed by atoms with Gasteiger partial charge in [0.2, 0.25) is 0 Å². The van der Waals surface area contributed by atoms with Gasteiger partial charge in [0.25, 0.3) is 6.43 Å². The summed E-state index contributed by atoms with van der Waals surface area (Å²) in [5, 5.41) is 3.06. The highest BCUT2D eigenvalue weighted by molar-refractivity contribution is 5.50. The highest BCUT2D eigenvalue weighted by Crippen LogP contribution is 2.19. The van der Waals surface area contributed by atoms with E-state index in [-0.39, 0.29) is 11.6 Å². The molecule has 1 nitrogen and oxygen atoms in total. The molecule has 0 aliphatic heterocycles. The fourth-order valence-electron chi connectivity index (χ4n) is 1.10. The van der Waals surface area contributed by atoms with Crippen molar-refractivity contribution in [1.29, 1.82) is 0 Å². The monoisotopic (exact) mass is 211 g/mol. The first kappa shape index (κ1) is 11.9. The minimum Gasteiger partial charge on any atom is -0.314 e. The van der Waals surface area contributed by atoms with Gasteiger partial charge in [-0.05, 0) is 19.5 Å². The van der Waals surface area contributed by atoms with Gasteiger partial charge in [0.15, 0.2) is 0 Å². The van der Waals surface area contributed by atoms with E-state index in [0.717, 1.165) is 5.56 Å². The maximum absolute atomic E-state index is 12.2. The second kappa shape index (κ2) is 5.61. The molecule has 0 saturated carbocycles. The minimum absolute atomic E-state index is 0.0637. The molecule has 82 valence electrons. The Morgan fingerprint density at radius 3 is 2.27 bits per heavy atom. The van der Waals surface area contributed by atoms with E-state index in [0.29, 0.717) is 0 Å². The van der Waals surface area contributed by atoms with Gasteiger partial charge in [-0.3, -0.25) is 0 Å². The first-order valence-electron chi connectivity index (χ1n) is 4.87. The molecule has 0 aliphatic carbocycles. The van der Waals surface area contributed by atoms with E-state index in [9.17, 15) is 8.78 Å². The average molecular weight is 211 g/mol. The largest absolute Gasteiger partial charge is 0.314 e. The zero-order chi connectivity index (χ0) is 11.3. The molecule has 1 unspecified atom stereocenters. The minimum atomic E-state index is -2.39. The van der Waals surface area contributed by atoms with E-state index in [1.807, 2.05) is 26.1 Å². The zero-order valence-corrected chi connectivity index (χ0v) is 8.87. The number of halogens is 2. The lowest BCUT2D eigenvalue weighted by molar-refractivity contribution is 0.151. The quantitative estimate of drug-likeness (QED) is 0.806. The summed E-state index contributed by atoms with van der Waals surface area (Å²) in [6.45, 7) is 2.02. The lowest BCUT2D eigenvalue weighted by atomic mass is 10.1. The number of nitrogens with one attached hydrogen (secondary N) is 1. The molecule has 0 aliphatic rings. The third-order valence-corrected chi connectivity index (χ3v) is 2.22. The molecule has 15 heavy (non-hydrogen) atoms. The maximum atomic E-state index is 12.2. The van der Waals surface area contributed by atoms with Crippen LogP contribution in [0.25, 0.3) is 6.08 Å². The Labute approximate surface area is 88.8 Å². The van der Waals surface area contributed by atoms with E-state index in [4.69, 9.17) is 0 Å². The molecular weight excluding hydrogens is 196 g/mol. The molecule has 0 amide bonds. The van der Waals surface area contributed by atoms with Crippen molar-refractivity contribution in [1.82, 2.24) is 5.32 Å². The van der Waals surface area contributed by atoms with Crippen molar-refractivity contribution in [3.8, 4) is 0 Å². The highest BCUT2D eigenvalue weighted by Gasteiger charge is 2.04. The molecule has 1 rings (SSSR count). The molecular formula is C12H15F2N. The van der Waals surface area contributed by atoms with Gasteiger partial charge in [0.1, 0.15) is 0 Å². The Balaban J connectivity index is 2.68. The van der Waals surface area contributed by atoms with Gasteiger partial charge in [0, 0.05) is 11.6 Å². The van der Waals surface area contributed by atoms with Gasteiger partial charge in [-0.15, -0.1) is 0 Å². The third kappa shape index (κ3) is 3.80. The molecule has 0 aromatic heterocycles. The second-order valence-corrected chi connectivity index (χ2v) is 3.40. The normalized spacial score (nSPS) is 13.7. The van der Waals surface area contributed by atoms with Crippen LogP contribution in [0.1, 0.15) is 24.5 Å². The number of likely N-dealkylation sites (N-methyl/N-ethyl adjacent to an activating group) is 1. The highest BCUT2D eigenvalue weighted by atomic mass is 19.3. The Hall–Kier alpha value is -1.22. The van der Waals surface area contributed by atoms with Crippen LogP contribution in [0, 0.1) is 0 Å². The van der Waals surface area contributed by atoms with E-state index >= 15 is 0 Å². The molecule has 0 fully saturated rings. The van der Waals surface area contributed by atoms with E-state index in [1.165, 1.54) is 12.1 Å². The summed E-state index contributed by atoms with van der Waals surface area (Å²) in [5.41, 5.74) is 0.996. The summed E-state index contributed by atoms with van der Waals surface area (Å²) in [6, 6.07) is 6.57. The summed E-state index contributed by atoms with van der Waals surface area (Å²) in [6.07, 6.45) is 1.51. The van der Waals surface area contributed by atoms with Gasteiger partial charge in [-0.25, -0.2) is 8.78 Å². The van der Waals surface area contributed by atoms with Crippen LogP contribution in [0.2, 0.25) is 0 Å². The van der Waals surface area contributed by atoms with Crippen LogP contribution < -0.4 is 5.32 Å². The van der Waals surface area contributed by atoms with Crippen LogP contribution in [0.15, 0.2) is 30.3 Å². The molecule has 0 spiro atoms. The lowest BCUT2D eigenvalue weighted by Crippen LogP contribution is -2.17. The molecule has 1 N–H and O–H groups in total. The summed E-state index contributed by atoms with van der Waals surface area (Å²) in [4.78, 5) is 0. The van der Waals surface area contributed by atoms with Gasteiger partial charge in [-0.2, -0.15) is 0 Å². The number of benzene rings is 1. The second-order valence-electron chi connectivity index (χ2n) is 3.40. The molecule has 1 atom stereocenters. The van der Waals surface area contributed by atoms with Gasteiger partial charge in [-0.1, -0.05) is 36.4 Å². The van der Waals surface area contributed by atoms with Crippen LogP contribution >= 0.6 is 0 Å². The summed E-state index contributed by atoms with van der Waals surface area (Å²) in [5.74, 6) is 0. The van der Waals surface area contributed by atoms with Crippen LogP contribution in [0.3, 0.4) is 0 Å². The van der Waals surface area contributed by atoms with Crippen molar-refractivity contribution >= 4 is 6.08 Å². The number of rotatable bonds is 4. The van der Waals surface area contributed by atoms with Crippen LogP contribution in [-0.2, 0) is 0 Å². The van der Waals surface area contributed by atoms with Crippen molar-refractivity contribution in [2.75, 3.05) is 7.05 Å². The van der Waals surface area contributed by atoms with Crippen LogP contribution in [0.5, 0.6) is 0 Å². The molecule has 1 aromatic rings. The SMILES string of the molecule is CNC(C)/C=C/c1ccc(C(F)F)cc1. The fourth-order valence-corrected chi connectivity index (χ4v) is 1.10. The summed E-state index contributed by atoms with van der Waals surface area (Å²) < 4.78 is 24.5. The third-order valence-electron chi connectivity index (χ3n) is 2.22. The molecule has 3 heteroatoms. The standard InChI is InChI=1S/C12H15F2N/c1-9(15-2)3-4-10-5-7-11(8-6-10)12(13)14/h3-9,12,15H,1-2H3/b4-3+. The molecule has 0 radical (unpaired) electrons. The van der Waals surface area contributed by atoms with Crippen LogP contribution in [0.4, 0.5) is 8.78 Å². The molecule has 0 saturated heterocycles. The number of hydrogen-bond donors (Lipinski definition) is 1. The maximum Gasteiger partial charge on any atom is 0.263 e. The van der Waals surface area contributed by atoms with Crippen LogP contribution in [-0.4, -0.2) is 13.1 Å². The average Bonchev–Trinajstić information content (AvgIpc) is 2.26. The first-order chi connectivity index (χ1) is 7.13. The van der Waals surface area contributed by atoms with E-state index in [1.54, 1.807) is 12.1 Å². The van der Waals surface area contributed by atoms with Crippen molar-refractivity contribution in [2.45, 2.75) is 19.4 Å². The first-order valence-corrected chi connectivity index (χ1v) is 4.87. The number of alkyl halides is 2. The predicted octanol–water partition coefficient (Wildman–Crippen LogP) is 3.25. The lowest BCUT2D eigenvalue weighted by Gasteiger charge is -2.03. The van der Waals surface area contributed by atoms with Crippen molar-refractivity contribution in [3.05, 3.63) is 41.5 Å². The Bertz CT molecular complexity index is 317. The van der Waals surface area contributed by atoms with Crippen molar-refractivity contribution in [3.63, 3.8) is 0 Å². The zero-order valence-electron chi connectivity index (χ0n) is 8.87.